The molecular formula is C20H14Br2FNO2S2. The topological polar surface area (TPSA) is 29.5 Å². The first-order valence-corrected chi connectivity index (χ1v) is 10.9. The molecule has 1 saturated heterocycles. The number of thioether (sulfide) groups is 1. The van der Waals surface area contributed by atoms with Crippen molar-refractivity contribution in [1.29, 1.82) is 0 Å². The summed E-state index contributed by atoms with van der Waals surface area (Å²) in [4.78, 5) is 14.5. The number of amides is 1. The lowest BCUT2D eigenvalue weighted by Crippen LogP contribution is -2.27. The van der Waals surface area contributed by atoms with Crippen LogP contribution >= 0.6 is 55.8 Å². The Balaban J connectivity index is 1.80. The van der Waals surface area contributed by atoms with Crippen LogP contribution in [0.5, 0.6) is 5.75 Å². The van der Waals surface area contributed by atoms with Gasteiger partial charge in [0.2, 0.25) is 0 Å². The molecule has 0 aliphatic carbocycles. The molecule has 1 aliphatic rings. The first-order chi connectivity index (χ1) is 13.4. The molecular weight excluding hydrogens is 529 g/mol. The van der Waals surface area contributed by atoms with E-state index in [2.05, 4.69) is 38.4 Å². The van der Waals surface area contributed by atoms with Gasteiger partial charge in [0.15, 0.2) is 0 Å². The van der Waals surface area contributed by atoms with E-state index in [4.69, 9.17) is 17.0 Å². The molecule has 1 heterocycles. The summed E-state index contributed by atoms with van der Waals surface area (Å²) in [7, 11) is 0. The zero-order valence-corrected chi connectivity index (χ0v) is 19.3. The highest BCUT2D eigenvalue weighted by molar-refractivity contribution is 9.11. The third kappa shape index (κ3) is 4.74. The zero-order chi connectivity index (χ0) is 20.3. The number of hydrogen-bond acceptors (Lipinski definition) is 4. The Kier molecular flexibility index (Phi) is 7.09. The predicted octanol–water partition coefficient (Wildman–Crippen LogP) is 6.32. The normalized spacial score (nSPS) is 15.4. The van der Waals surface area contributed by atoms with Crippen molar-refractivity contribution in [3.05, 3.63) is 79.8 Å². The van der Waals surface area contributed by atoms with Gasteiger partial charge in [0.05, 0.1) is 13.9 Å². The van der Waals surface area contributed by atoms with Crippen LogP contribution in [0.25, 0.3) is 6.08 Å². The van der Waals surface area contributed by atoms with E-state index >= 15 is 0 Å². The molecule has 0 aromatic heterocycles. The van der Waals surface area contributed by atoms with E-state index in [0.717, 1.165) is 5.56 Å². The molecule has 144 valence electrons. The lowest BCUT2D eigenvalue weighted by molar-refractivity contribution is -0.121. The van der Waals surface area contributed by atoms with E-state index in [-0.39, 0.29) is 18.3 Å². The summed E-state index contributed by atoms with van der Waals surface area (Å²) in [5.74, 6) is 0.106. The average Bonchev–Trinajstić information content (AvgIpc) is 2.90. The Morgan fingerprint density at radius 1 is 1.25 bits per heavy atom. The molecule has 1 amide bonds. The molecule has 0 N–H and O–H groups in total. The summed E-state index contributed by atoms with van der Waals surface area (Å²) in [5.41, 5.74) is 1.27. The van der Waals surface area contributed by atoms with Gasteiger partial charge in [0, 0.05) is 12.1 Å². The molecule has 0 bridgehead atoms. The molecule has 0 saturated carbocycles. The maximum Gasteiger partial charge on any atom is 0.266 e. The van der Waals surface area contributed by atoms with Crippen molar-refractivity contribution < 1.29 is 13.9 Å². The predicted molar refractivity (Wildman–Crippen MR) is 123 cm³/mol. The fraction of sp³-hybridized carbons (Fsp3) is 0.100. The van der Waals surface area contributed by atoms with Crippen molar-refractivity contribution in [2.75, 3.05) is 6.54 Å². The quantitative estimate of drug-likeness (QED) is 0.243. The number of thiocarbonyl (C=S) groups is 1. The van der Waals surface area contributed by atoms with E-state index in [1.54, 1.807) is 30.4 Å². The number of carbonyl (C=O) groups excluding carboxylic acids is 1. The SMILES string of the molecule is C=CCN1C(=O)/C(=C\c2cc(Br)c(OCc3ccccc3F)c(Br)c2)SC1=S. The molecule has 0 unspecified atom stereocenters. The molecule has 2 aromatic carbocycles. The minimum atomic E-state index is -0.312. The summed E-state index contributed by atoms with van der Waals surface area (Å²) >= 11 is 13.5. The Labute approximate surface area is 188 Å². The smallest absolute Gasteiger partial charge is 0.266 e. The fourth-order valence-electron chi connectivity index (χ4n) is 2.50. The van der Waals surface area contributed by atoms with Crippen molar-refractivity contribution in [3.8, 4) is 5.75 Å². The van der Waals surface area contributed by atoms with Gasteiger partial charge in [0.25, 0.3) is 5.91 Å². The summed E-state index contributed by atoms with van der Waals surface area (Å²) in [6, 6.07) is 10.1. The molecule has 3 nitrogen and oxygen atoms in total. The first kappa shape index (κ1) is 21.2. The molecule has 2 aromatic rings. The van der Waals surface area contributed by atoms with Crippen LogP contribution in [0.1, 0.15) is 11.1 Å². The van der Waals surface area contributed by atoms with Gasteiger partial charge in [-0.3, -0.25) is 9.69 Å². The third-order valence-corrected chi connectivity index (χ3v) is 6.39. The lowest BCUT2D eigenvalue weighted by atomic mass is 10.2. The second-order valence-electron chi connectivity index (χ2n) is 5.77. The van der Waals surface area contributed by atoms with Gasteiger partial charge in [-0.25, -0.2) is 4.39 Å². The number of nitrogens with zero attached hydrogens (tertiary/aromatic N) is 1. The van der Waals surface area contributed by atoms with Crippen LogP contribution in [0, 0.1) is 5.82 Å². The van der Waals surface area contributed by atoms with Gasteiger partial charge >= 0.3 is 0 Å². The van der Waals surface area contributed by atoms with Crippen molar-refractivity contribution in [2.24, 2.45) is 0 Å². The summed E-state index contributed by atoms with van der Waals surface area (Å²) in [6.45, 7) is 4.14. The molecule has 0 spiro atoms. The van der Waals surface area contributed by atoms with Crippen LogP contribution in [0.2, 0.25) is 0 Å². The van der Waals surface area contributed by atoms with Gasteiger partial charge in [-0.05, 0) is 61.7 Å². The molecule has 3 rings (SSSR count). The van der Waals surface area contributed by atoms with Gasteiger partial charge in [-0.1, -0.05) is 48.3 Å². The number of halogens is 3. The van der Waals surface area contributed by atoms with Gasteiger partial charge < -0.3 is 4.74 Å². The van der Waals surface area contributed by atoms with Crippen LogP contribution in [0.15, 0.2) is 62.9 Å². The maximum absolute atomic E-state index is 13.8. The lowest BCUT2D eigenvalue weighted by Gasteiger charge is -2.12. The minimum Gasteiger partial charge on any atom is -0.486 e. The maximum atomic E-state index is 13.8. The number of benzene rings is 2. The van der Waals surface area contributed by atoms with Crippen LogP contribution in [-0.2, 0) is 11.4 Å². The molecule has 1 aliphatic heterocycles. The number of rotatable bonds is 6. The summed E-state index contributed by atoms with van der Waals surface area (Å²) in [6.07, 6.45) is 3.42. The average molecular weight is 543 g/mol. The van der Waals surface area contributed by atoms with E-state index in [0.29, 0.717) is 36.0 Å². The standard InChI is InChI=1S/C20H14Br2FNO2S2/c1-2-7-24-19(25)17(28-20(24)27)10-12-8-14(21)18(15(22)9-12)26-11-13-5-3-4-6-16(13)23/h2-6,8-10H,1,7,11H2/b17-10+. The van der Waals surface area contributed by atoms with Crippen molar-refractivity contribution in [1.82, 2.24) is 4.90 Å². The Morgan fingerprint density at radius 3 is 2.57 bits per heavy atom. The van der Waals surface area contributed by atoms with Crippen molar-refractivity contribution in [2.45, 2.75) is 6.61 Å². The number of ether oxygens (including phenoxy) is 1. The first-order valence-electron chi connectivity index (χ1n) is 8.12. The van der Waals surface area contributed by atoms with E-state index < -0.39 is 0 Å². The Bertz CT molecular complexity index is 971. The molecule has 1 fully saturated rings. The largest absolute Gasteiger partial charge is 0.486 e. The molecule has 0 radical (unpaired) electrons. The van der Waals surface area contributed by atoms with Gasteiger partial charge in [-0.15, -0.1) is 6.58 Å². The number of hydrogen-bond donors (Lipinski definition) is 0. The molecule has 28 heavy (non-hydrogen) atoms. The Morgan fingerprint density at radius 2 is 1.93 bits per heavy atom. The highest BCUT2D eigenvalue weighted by Gasteiger charge is 2.31. The highest BCUT2D eigenvalue weighted by Crippen LogP contribution is 2.38. The second kappa shape index (κ2) is 9.35. The monoisotopic (exact) mass is 541 g/mol. The van der Waals surface area contributed by atoms with Crippen LogP contribution in [0.4, 0.5) is 4.39 Å². The third-order valence-electron chi connectivity index (χ3n) is 3.83. The Hall–Kier alpha value is -1.48. The second-order valence-corrected chi connectivity index (χ2v) is 9.16. The van der Waals surface area contributed by atoms with Gasteiger partial charge in [0.1, 0.15) is 22.5 Å². The highest BCUT2D eigenvalue weighted by atomic mass is 79.9. The van der Waals surface area contributed by atoms with E-state index in [1.165, 1.54) is 22.7 Å². The fourth-order valence-corrected chi connectivity index (χ4v) is 5.23. The molecule has 0 atom stereocenters. The van der Waals surface area contributed by atoms with Crippen LogP contribution < -0.4 is 4.74 Å². The van der Waals surface area contributed by atoms with Crippen LogP contribution in [0.3, 0.4) is 0 Å². The zero-order valence-electron chi connectivity index (χ0n) is 14.5. The minimum absolute atomic E-state index is 0.101. The van der Waals surface area contributed by atoms with E-state index in [1.807, 2.05) is 12.1 Å². The van der Waals surface area contributed by atoms with E-state index in [9.17, 15) is 9.18 Å². The van der Waals surface area contributed by atoms with Crippen molar-refractivity contribution >= 4 is 72.1 Å². The van der Waals surface area contributed by atoms with Gasteiger partial charge in [-0.2, -0.15) is 0 Å². The van der Waals surface area contributed by atoms with Crippen molar-refractivity contribution in [3.63, 3.8) is 0 Å². The summed E-state index contributed by atoms with van der Waals surface area (Å²) < 4.78 is 21.4. The number of carbonyl (C=O) groups is 1. The summed E-state index contributed by atoms with van der Waals surface area (Å²) in [5, 5.41) is 0. The van der Waals surface area contributed by atoms with Crippen LogP contribution in [-0.4, -0.2) is 21.7 Å². The molecule has 8 heteroatoms.